The van der Waals surface area contributed by atoms with Crippen molar-refractivity contribution in [3.63, 3.8) is 0 Å². The van der Waals surface area contributed by atoms with Gasteiger partial charge in [-0.15, -0.1) is 5.10 Å². The quantitative estimate of drug-likeness (QED) is 0.724. The highest BCUT2D eigenvalue weighted by Crippen LogP contribution is 2.08. The van der Waals surface area contributed by atoms with Crippen LogP contribution in [0.15, 0.2) is 36.7 Å². The van der Waals surface area contributed by atoms with Crippen LogP contribution in [0.5, 0.6) is 0 Å². The van der Waals surface area contributed by atoms with Gasteiger partial charge in [-0.3, -0.25) is 9.59 Å². The number of carboxylic acids is 1. The monoisotopic (exact) mass is 303 g/mol. The summed E-state index contributed by atoms with van der Waals surface area (Å²) in [4.78, 5) is 22.7. The third kappa shape index (κ3) is 5.31. The zero-order valence-corrected chi connectivity index (χ0v) is 11.9. The van der Waals surface area contributed by atoms with Crippen molar-refractivity contribution in [3.8, 4) is 0 Å². The minimum absolute atomic E-state index is 0.00264. The Balaban J connectivity index is 1.94. The molecule has 8 nitrogen and oxygen atoms in total. The fourth-order valence-corrected chi connectivity index (χ4v) is 2.09. The first-order valence-electron chi connectivity index (χ1n) is 6.89. The number of tetrazole rings is 1. The van der Waals surface area contributed by atoms with Crippen molar-refractivity contribution in [1.82, 2.24) is 25.5 Å². The number of carbonyl (C=O) groups excluding carboxylic acids is 1. The summed E-state index contributed by atoms with van der Waals surface area (Å²) >= 11 is 0. The van der Waals surface area contributed by atoms with Crippen LogP contribution in [-0.2, 0) is 22.6 Å². The normalized spacial score (nSPS) is 11.8. The molecule has 22 heavy (non-hydrogen) atoms. The molecule has 0 fully saturated rings. The Labute approximate surface area is 127 Å². The number of nitrogens with zero attached hydrogens (tertiary/aromatic N) is 4. The molecule has 0 spiro atoms. The van der Waals surface area contributed by atoms with E-state index < -0.39 is 5.97 Å². The molecule has 0 radical (unpaired) electrons. The van der Waals surface area contributed by atoms with Crippen LogP contribution in [0.3, 0.4) is 0 Å². The van der Waals surface area contributed by atoms with Crippen LogP contribution in [0, 0.1) is 0 Å². The second-order valence-corrected chi connectivity index (χ2v) is 4.89. The maximum absolute atomic E-state index is 12.0. The van der Waals surface area contributed by atoms with E-state index in [2.05, 4.69) is 20.8 Å². The summed E-state index contributed by atoms with van der Waals surface area (Å²) < 4.78 is 1.31. The average molecular weight is 303 g/mol. The number of amides is 1. The van der Waals surface area contributed by atoms with Gasteiger partial charge in [0.25, 0.3) is 0 Å². The van der Waals surface area contributed by atoms with Gasteiger partial charge in [0, 0.05) is 12.5 Å². The van der Waals surface area contributed by atoms with Gasteiger partial charge in [0.15, 0.2) is 0 Å². The molecule has 1 unspecified atom stereocenters. The van der Waals surface area contributed by atoms with E-state index in [1.54, 1.807) is 0 Å². The van der Waals surface area contributed by atoms with E-state index in [0.717, 1.165) is 5.56 Å². The molecule has 1 atom stereocenters. The van der Waals surface area contributed by atoms with Crippen molar-refractivity contribution in [3.05, 3.63) is 42.2 Å². The zero-order valence-electron chi connectivity index (χ0n) is 11.9. The van der Waals surface area contributed by atoms with Gasteiger partial charge in [0.2, 0.25) is 5.91 Å². The number of rotatable bonds is 8. The number of carbonyl (C=O) groups is 2. The summed E-state index contributed by atoms with van der Waals surface area (Å²) in [5, 5.41) is 22.2. The van der Waals surface area contributed by atoms with Crippen molar-refractivity contribution < 1.29 is 14.7 Å². The van der Waals surface area contributed by atoms with Crippen LogP contribution >= 0.6 is 0 Å². The van der Waals surface area contributed by atoms with Gasteiger partial charge >= 0.3 is 5.97 Å². The number of hydrogen-bond acceptors (Lipinski definition) is 5. The first-order chi connectivity index (χ1) is 10.6. The SMILES string of the molecule is O=C(O)CCC(Cc1ccccc1)NC(=O)Cn1cnnn1. The second kappa shape index (κ2) is 7.87. The lowest BCUT2D eigenvalue weighted by atomic mass is 10.0. The van der Waals surface area contributed by atoms with Gasteiger partial charge in [-0.05, 0) is 28.8 Å². The molecule has 0 saturated carbocycles. The Kier molecular flexibility index (Phi) is 5.58. The Morgan fingerprint density at radius 2 is 2.05 bits per heavy atom. The van der Waals surface area contributed by atoms with Gasteiger partial charge in [-0.25, -0.2) is 4.68 Å². The van der Waals surface area contributed by atoms with Gasteiger partial charge in [0.1, 0.15) is 12.9 Å². The predicted molar refractivity (Wildman–Crippen MR) is 76.8 cm³/mol. The molecule has 1 heterocycles. The highest BCUT2D eigenvalue weighted by Gasteiger charge is 2.15. The Bertz CT molecular complexity index is 600. The summed E-state index contributed by atoms with van der Waals surface area (Å²) in [6.45, 7) is 0.00532. The average Bonchev–Trinajstić information content (AvgIpc) is 2.98. The maximum Gasteiger partial charge on any atom is 0.303 e. The molecule has 0 aliphatic rings. The molecule has 0 aliphatic heterocycles. The largest absolute Gasteiger partial charge is 0.481 e. The van der Waals surface area contributed by atoms with Crippen LogP contribution in [0.2, 0.25) is 0 Å². The standard InChI is InChI=1S/C14H17N5O3/c20-13(9-19-10-15-17-18-19)16-12(6-7-14(21)22)8-11-4-2-1-3-5-11/h1-5,10,12H,6-9H2,(H,16,20)(H,21,22). The highest BCUT2D eigenvalue weighted by molar-refractivity contribution is 5.76. The number of nitrogens with one attached hydrogen (secondary N) is 1. The van der Waals surface area contributed by atoms with Crippen molar-refractivity contribution in [1.29, 1.82) is 0 Å². The van der Waals surface area contributed by atoms with E-state index >= 15 is 0 Å². The Hall–Kier alpha value is -2.77. The maximum atomic E-state index is 12.0. The molecule has 1 aromatic carbocycles. The molecule has 0 bridgehead atoms. The smallest absolute Gasteiger partial charge is 0.303 e. The fraction of sp³-hybridized carbons (Fsp3) is 0.357. The number of aromatic nitrogens is 4. The molecular formula is C14H17N5O3. The van der Waals surface area contributed by atoms with Crippen molar-refractivity contribution >= 4 is 11.9 Å². The second-order valence-electron chi connectivity index (χ2n) is 4.89. The fourth-order valence-electron chi connectivity index (χ4n) is 2.09. The van der Waals surface area contributed by atoms with Gasteiger partial charge < -0.3 is 10.4 Å². The Morgan fingerprint density at radius 1 is 1.27 bits per heavy atom. The van der Waals surface area contributed by atoms with Crippen LogP contribution in [-0.4, -0.2) is 43.2 Å². The first kappa shape index (κ1) is 15.6. The molecule has 1 amide bonds. The van der Waals surface area contributed by atoms with Crippen molar-refractivity contribution in [2.24, 2.45) is 0 Å². The third-order valence-electron chi connectivity index (χ3n) is 3.09. The minimum Gasteiger partial charge on any atom is -0.481 e. The number of hydrogen-bond donors (Lipinski definition) is 2. The third-order valence-corrected chi connectivity index (χ3v) is 3.09. The van der Waals surface area contributed by atoms with Crippen LogP contribution in [0.1, 0.15) is 18.4 Å². The summed E-state index contributed by atoms with van der Waals surface area (Å²) in [6, 6.07) is 9.37. The van der Waals surface area contributed by atoms with Crippen LogP contribution in [0.25, 0.3) is 0 Å². The van der Waals surface area contributed by atoms with E-state index in [1.807, 2.05) is 30.3 Å². The van der Waals surface area contributed by atoms with E-state index in [0.29, 0.717) is 12.8 Å². The molecule has 2 aromatic rings. The molecule has 0 aliphatic carbocycles. The Morgan fingerprint density at radius 3 is 2.68 bits per heavy atom. The van der Waals surface area contributed by atoms with Crippen molar-refractivity contribution in [2.45, 2.75) is 31.8 Å². The topological polar surface area (TPSA) is 110 Å². The number of benzene rings is 1. The lowest BCUT2D eigenvalue weighted by Gasteiger charge is -2.18. The molecular weight excluding hydrogens is 286 g/mol. The molecule has 2 rings (SSSR count). The number of carboxylic acid groups (broad SMARTS) is 1. The lowest BCUT2D eigenvalue weighted by molar-refractivity contribution is -0.137. The molecule has 2 N–H and O–H groups in total. The molecule has 0 saturated heterocycles. The van der Waals surface area contributed by atoms with Crippen LogP contribution < -0.4 is 5.32 Å². The summed E-state index contributed by atoms with van der Waals surface area (Å²) in [7, 11) is 0. The molecule has 1 aromatic heterocycles. The zero-order chi connectivity index (χ0) is 15.8. The highest BCUT2D eigenvalue weighted by atomic mass is 16.4. The minimum atomic E-state index is -0.882. The van der Waals surface area contributed by atoms with E-state index in [9.17, 15) is 9.59 Å². The summed E-state index contributed by atoms with van der Waals surface area (Å²) in [6.07, 6.45) is 2.30. The van der Waals surface area contributed by atoms with Crippen molar-refractivity contribution in [2.75, 3.05) is 0 Å². The predicted octanol–water partition coefficient (Wildman–Crippen LogP) is 0.265. The van der Waals surface area contributed by atoms with E-state index in [1.165, 1.54) is 11.0 Å². The number of aliphatic carboxylic acids is 1. The van der Waals surface area contributed by atoms with Gasteiger partial charge in [-0.2, -0.15) is 0 Å². The van der Waals surface area contributed by atoms with Gasteiger partial charge in [-0.1, -0.05) is 30.3 Å². The molecule has 8 heteroatoms. The van der Waals surface area contributed by atoms with E-state index in [-0.39, 0.29) is 24.9 Å². The first-order valence-corrected chi connectivity index (χ1v) is 6.89. The summed E-state index contributed by atoms with van der Waals surface area (Å²) in [5.41, 5.74) is 1.04. The van der Waals surface area contributed by atoms with Crippen LogP contribution in [0.4, 0.5) is 0 Å². The summed E-state index contributed by atoms with van der Waals surface area (Å²) in [5.74, 6) is -1.13. The van der Waals surface area contributed by atoms with Gasteiger partial charge in [0.05, 0.1) is 0 Å². The lowest BCUT2D eigenvalue weighted by Crippen LogP contribution is -2.39. The van der Waals surface area contributed by atoms with E-state index in [4.69, 9.17) is 5.11 Å². The molecule has 116 valence electrons.